The fourth-order valence-corrected chi connectivity index (χ4v) is 3.64. The van der Waals surface area contributed by atoms with E-state index in [2.05, 4.69) is 54.3 Å². The summed E-state index contributed by atoms with van der Waals surface area (Å²) in [5, 5.41) is 1.22. The minimum absolute atomic E-state index is 0.103. The molecule has 4 heteroatoms. The quantitative estimate of drug-likeness (QED) is 0.758. The molecule has 1 aromatic rings. The van der Waals surface area contributed by atoms with E-state index >= 15 is 0 Å². The molecule has 0 aromatic heterocycles. The second-order valence-corrected chi connectivity index (χ2v) is 12.2. The number of fused-ring (bicyclic) bond motifs is 1. The first-order valence-electron chi connectivity index (χ1n) is 6.20. The van der Waals surface area contributed by atoms with Gasteiger partial charge in [-0.1, -0.05) is 0 Å². The van der Waals surface area contributed by atoms with E-state index in [9.17, 15) is 0 Å². The molecule has 1 aromatic carbocycles. The van der Waals surface area contributed by atoms with E-state index in [-0.39, 0.29) is 5.60 Å². The van der Waals surface area contributed by atoms with Crippen molar-refractivity contribution in [1.82, 2.24) is 0 Å². The average molecular weight is 370 g/mol. The summed E-state index contributed by atoms with van der Waals surface area (Å²) in [6.45, 7) is 5.07. The number of hydrogen-bond donors (Lipinski definition) is 0. The second-order valence-electron chi connectivity index (χ2n) is 5.62. The Kier molecular flexibility index (Phi) is 4.39. The third kappa shape index (κ3) is 3.49. The van der Waals surface area contributed by atoms with Gasteiger partial charge in [-0.2, -0.15) is 0 Å². The van der Waals surface area contributed by atoms with Gasteiger partial charge in [0.25, 0.3) is 0 Å². The molecule has 0 aliphatic carbocycles. The van der Waals surface area contributed by atoms with E-state index in [1.807, 2.05) is 0 Å². The topological polar surface area (TPSA) is 18.5 Å². The van der Waals surface area contributed by atoms with E-state index in [0.29, 0.717) is 0 Å². The summed E-state index contributed by atoms with van der Waals surface area (Å²) in [5.41, 5.74) is 5.88. The molecule has 2 radical (unpaired) electrons. The molecule has 0 saturated carbocycles. The Hall–Kier alpha value is -0.0631. The Morgan fingerprint density at radius 2 is 2.11 bits per heavy atom. The molecular formula is C14H20As2O2. The van der Waals surface area contributed by atoms with E-state index < -0.39 is 14.7 Å². The first-order chi connectivity index (χ1) is 8.37. The Morgan fingerprint density at radius 1 is 1.39 bits per heavy atom. The van der Waals surface area contributed by atoms with Crippen LogP contribution in [0, 0.1) is 0 Å². The molecule has 18 heavy (non-hydrogen) atoms. The maximum absolute atomic E-state index is 6.02. The van der Waals surface area contributed by atoms with Gasteiger partial charge in [0, 0.05) is 0 Å². The van der Waals surface area contributed by atoms with E-state index in [1.165, 1.54) is 15.1 Å². The molecule has 0 amide bonds. The summed E-state index contributed by atoms with van der Waals surface area (Å²) in [4.78, 5) is 0. The van der Waals surface area contributed by atoms with E-state index in [0.717, 1.165) is 24.5 Å². The fourth-order valence-electron chi connectivity index (χ4n) is 2.11. The summed E-state index contributed by atoms with van der Waals surface area (Å²) in [5.74, 6) is 1.88. The van der Waals surface area contributed by atoms with Gasteiger partial charge in [-0.05, 0) is 0 Å². The molecule has 1 aliphatic heterocycles. The summed E-state index contributed by atoms with van der Waals surface area (Å²) in [7, 11) is 0. The van der Waals surface area contributed by atoms with Crippen LogP contribution < -0.4 is 13.8 Å². The van der Waals surface area contributed by atoms with Crippen molar-refractivity contribution in [2.75, 3.05) is 6.61 Å². The fraction of sp³-hybridized carbons (Fsp3) is 0.571. The molecule has 98 valence electrons. The number of benzene rings is 1. The first kappa shape index (κ1) is 14.3. The van der Waals surface area contributed by atoms with Gasteiger partial charge in [0.15, 0.2) is 0 Å². The Balaban J connectivity index is 2.16. The first-order valence-corrected chi connectivity index (χ1v) is 12.2. The monoisotopic (exact) mass is 370 g/mol. The normalized spacial score (nSPS) is 16.6. The van der Waals surface area contributed by atoms with Gasteiger partial charge in [-0.15, -0.1) is 0 Å². The molecule has 0 fully saturated rings. The maximum atomic E-state index is 6.02. The Bertz CT molecular complexity index is 442. The van der Waals surface area contributed by atoms with Gasteiger partial charge in [0.1, 0.15) is 0 Å². The second kappa shape index (κ2) is 5.51. The SMILES string of the molecule is C[As](C)CCOc1cc([As])cc2c1OC(C)(C)C2. The van der Waals surface area contributed by atoms with Crippen molar-refractivity contribution in [3.05, 3.63) is 17.7 Å². The zero-order valence-electron chi connectivity index (χ0n) is 11.5. The van der Waals surface area contributed by atoms with Crippen molar-refractivity contribution in [3.63, 3.8) is 0 Å². The third-order valence-electron chi connectivity index (χ3n) is 2.91. The molecule has 2 nitrogen and oxygen atoms in total. The summed E-state index contributed by atoms with van der Waals surface area (Å²) in [6, 6.07) is 4.26. The molecule has 2 rings (SSSR count). The van der Waals surface area contributed by atoms with Crippen LogP contribution >= 0.6 is 0 Å². The van der Waals surface area contributed by atoms with Gasteiger partial charge in [0.2, 0.25) is 0 Å². The van der Waals surface area contributed by atoms with Crippen LogP contribution in [0.4, 0.5) is 0 Å². The molecule has 1 aliphatic rings. The van der Waals surface area contributed by atoms with Crippen molar-refractivity contribution < 1.29 is 9.47 Å². The van der Waals surface area contributed by atoms with Crippen molar-refractivity contribution in [2.24, 2.45) is 0 Å². The van der Waals surface area contributed by atoms with Crippen molar-refractivity contribution in [3.8, 4) is 11.5 Å². The molecule has 0 unspecified atom stereocenters. The predicted octanol–water partition coefficient (Wildman–Crippen LogP) is 2.33. The van der Waals surface area contributed by atoms with Gasteiger partial charge in [0.05, 0.1) is 0 Å². The van der Waals surface area contributed by atoms with Crippen LogP contribution in [0.5, 0.6) is 11.5 Å². The number of rotatable bonds is 4. The van der Waals surface area contributed by atoms with Crippen LogP contribution in [0.3, 0.4) is 0 Å². The molecule has 0 saturated heterocycles. The summed E-state index contributed by atoms with van der Waals surface area (Å²) < 4.78 is 13.1. The molecule has 0 spiro atoms. The average Bonchev–Trinajstić information content (AvgIpc) is 2.51. The zero-order valence-corrected chi connectivity index (χ0v) is 15.2. The standard InChI is InChI=1S/C14H20As2O2/c1-14(2)9-10-7-11(15)8-12(13(10)18-14)17-6-5-16(3)4/h7-8H,5-6,9H2,1-4H3. The molecule has 1 heterocycles. The third-order valence-corrected chi connectivity index (χ3v) is 5.71. The van der Waals surface area contributed by atoms with Crippen molar-refractivity contribution >= 4 is 35.9 Å². The zero-order chi connectivity index (χ0) is 13.3. The summed E-state index contributed by atoms with van der Waals surface area (Å²) >= 11 is 2.00. The van der Waals surface area contributed by atoms with Gasteiger partial charge >= 0.3 is 124 Å². The van der Waals surface area contributed by atoms with Crippen LogP contribution in [-0.4, -0.2) is 43.7 Å². The van der Waals surface area contributed by atoms with Gasteiger partial charge in [-0.25, -0.2) is 0 Å². The van der Waals surface area contributed by atoms with E-state index in [1.54, 1.807) is 0 Å². The van der Waals surface area contributed by atoms with E-state index in [4.69, 9.17) is 9.47 Å². The van der Waals surface area contributed by atoms with Crippen LogP contribution in [0.2, 0.25) is 16.6 Å². The van der Waals surface area contributed by atoms with Crippen molar-refractivity contribution in [1.29, 1.82) is 0 Å². The molecule has 0 bridgehead atoms. The summed E-state index contributed by atoms with van der Waals surface area (Å²) in [6.07, 6.45) is 0.962. The number of ether oxygens (including phenoxy) is 2. The minimum atomic E-state index is -0.601. The van der Waals surface area contributed by atoms with Gasteiger partial charge < -0.3 is 0 Å². The number of hydrogen-bond acceptors (Lipinski definition) is 2. The molecule has 0 atom stereocenters. The molecule has 0 N–H and O–H groups in total. The molecular weight excluding hydrogens is 350 g/mol. The Labute approximate surface area is 123 Å². The van der Waals surface area contributed by atoms with Crippen molar-refractivity contribution in [2.45, 2.75) is 42.5 Å². The predicted molar refractivity (Wildman–Crippen MR) is 78.0 cm³/mol. The van der Waals surface area contributed by atoms with Crippen LogP contribution in [-0.2, 0) is 6.42 Å². The van der Waals surface area contributed by atoms with Gasteiger partial charge in [-0.3, -0.25) is 0 Å². The van der Waals surface area contributed by atoms with Crippen LogP contribution in [0.15, 0.2) is 12.1 Å². The van der Waals surface area contributed by atoms with Crippen LogP contribution in [0.25, 0.3) is 0 Å². The van der Waals surface area contributed by atoms with Crippen LogP contribution in [0.1, 0.15) is 19.4 Å². The Morgan fingerprint density at radius 3 is 2.78 bits per heavy atom.